The number of ether oxygens (including phenoxy) is 1. The first-order valence-electron chi connectivity index (χ1n) is 9.53. The van der Waals surface area contributed by atoms with Crippen molar-refractivity contribution in [1.29, 1.82) is 0 Å². The normalized spacial score (nSPS) is 16.0. The fourth-order valence-corrected chi connectivity index (χ4v) is 3.23. The summed E-state index contributed by atoms with van der Waals surface area (Å²) < 4.78 is 5.06. The number of hydrogen-bond acceptors (Lipinski definition) is 4. The summed E-state index contributed by atoms with van der Waals surface area (Å²) >= 11 is 0. The van der Waals surface area contributed by atoms with Crippen LogP contribution in [0.3, 0.4) is 0 Å². The lowest BCUT2D eigenvalue weighted by Gasteiger charge is -2.33. The molecule has 0 bridgehead atoms. The Morgan fingerprint density at radius 1 is 1.23 bits per heavy atom. The second-order valence-corrected chi connectivity index (χ2v) is 7.03. The lowest BCUT2D eigenvalue weighted by Crippen LogP contribution is -2.51. The van der Waals surface area contributed by atoms with Crippen LogP contribution < -0.4 is 10.6 Å². The summed E-state index contributed by atoms with van der Waals surface area (Å²) in [4.78, 5) is 20.3. The number of piperidine rings is 1. The Hall–Kier alpha value is -0.770. The lowest BCUT2D eigenvalue weighted by molar-refractivity contribution is 0.0963. The van der Waals surface area contributed by atoms with Crippen LogP contribution in [0.1, 0.15) is 47.5 Å². The molecule has 0 saturated carbocycles. The smallest absolute Gasteiger partial charge is 0.409 e. The Bertz CT molecular complexity index is 416. The highest BCUT2D eigenvalue weighted by Gasteiger charge is 2.24. The first kappa shape index (κ1) is 25.2. The standard InChI is InChI=1S/C18H37N5O2.HI/c1-7-25-18(24)22-11-8-16(9-12-22)21-17(19-6)20-10-13-23(14(2)3)15(4)5;/h14-16H,7-13H2,1-6H3,(H2,19,20,21);1H. The van der Waals surface area contributed by atoms with E-state index in [-0.39, 0.29) is 30.1 Å². The maximum absolute atomic E-state index is 11.7. The molecule has 1 saturated heterocycles. The van der Waals surface area contributed by atoms with Crippen LogP contribution in [0.5, 0.6) is 0 Å². The minimum Gasteiger partial charge on any atom is -0.450 e. The summed E-state index contributed by atoms with van der Waals surface area (Å²) in [6, 6.07) is 1.40. The highest BCUT2D eigenvalue weighted by atomic mass is 127. The molecule has 154 valence electrons. The van der Waals surface area contributed by atoms with Gasteiger partial charge in [-0.1, -0.05) is 0 Å². The third-order valence-corrected chi connectivity index (χ3v) is 4.57. The molecular formula is C18H38IN5O2. The molecule has 1 fully saturated rings. The average Bonchev–Trinajstić information content (AvgIpc) is 2.57. The molecule has 2 N–H and O–H groups in total. The van der Waals surface area contributed by atoms with Gasteiger partial charge >= 0.3 is 6.09 Å². The third kappa shape index (κ3) is 8.75. The molecule has 1 amide bonds. The van der Waals surface area contributed by atoms with Crippen molar-refractivity contribution < 1.29 is 9.53 Å². The molecule has 1 aliphatic heterocycles. The zero-order valence-electron chi connectivity index (χ0n) is 17.2. The van der Waals surface area contributed by atoms with Crippen LogP contribution in [0.25, 0.3) is 0 Å². The van der Waals surface area contributed by atoms with E-state index in [0.29, 0.717) is 24.7 Å². The minimum atomic E-state index is -0.203. The van der Waals surface area contributed by atoms with Crippen LogP contribution in [0.2, 0.25) is 0 Å². The van der Waals surface area contributed by atoms with Gasteiger partial charge < -0.3 is 20.3 Å². The molecule has 0 aliphatic carbocycles. The monoisotopic (exact) mass is 483 g/mol. The predicted octanol–water partition coefficient (Wildman–Crippen LogP) is 2.51. The van der Waals surface area contributed by atoms with E-state index >= 15 is 0 Å². The Labute approximate surface area is 176 Å². The van der Waals surface area contributed by atoms with E-state index in [4.69, 9.17) is 4.74 Å². The van der Waals surface area contributed by atoms with Crippen molar-refractivity contribution in [3.8, 4) is 0 Å². The van der Waals surface area contributed by atoms with Crippen molar-refractivity contribution in [1.82, 2.24) is 20.4 Å². The molecule has 1 rings (SSSR count). The van der Waals surface area contributed by atoms with E-state index in [1.54, 1.807) is 11.9 Å². The summed E-state index contributed by atoms with van der Waals surface area (Å²) in [7, 11) is 1.80. The van der Waals surface area contributed by atoms with Crippen LogP contribution in [0, 0.1) is 0 Å². The third-order valence-electron chi connectivity index (χ3n) is 4.57. The van der Waals surface area contributed by atoms with E-state index in [1.807, 2.05) is 6.92 Å². The van der Waals surface area contributed by atoms with Crippen LogP contribution in [-0.2, 0) is 4.74 Å². The number of likely N-dealkylation sites (tertiary alicyclic amines) is 1. The number of aliphatic imine (C=N–C) groups is 1. The fourth-order valence-electron chi connectivity index (χ4n) is 3.23. The highest BCUT2D eigenvalue weighted by Crippen LogP contribution is 2.11. The Kier molecular flexibility index (Phi) is 13.0. The lowest BCUT2D eigenvalue weighted by atomic mass is 10.1. The zero-order chi connectivity index (χ0) is 18.8. The Morgan fingerprint density at radius 2 is 1.81 bits per heavy atom. The molecule has 1 aliphatic rings. The molecule has 1 heterocycles. The number of carbonyl (C=O) groups excluding carboxylic acids is 1. The fraction of sp³-hybridized carbons (Fsp3) is 0.889. The summed E-state index contributed by atoms with van der Waals surface area (Å²) in [6.07, 6.45) is 1.61. The minimum absolute atomic E-state index is 0. The van der Waals surface area contributed by atoms with Crippen molar-refractivity contribution in [2.24, 2.45) is 4.99 Å². The topological polar surface area (TPSA) is 69.2 Å². The van der Waals surface area contributed by atoms with Gasteiger partial charge in [0.1, 0.15) is 0 Å². The van der Waals surface area contributed by atoms with Gasteiger partial charge in [-0.05, 0) is 47.5 Å². The molecule has 0 atom stereocenters. The number of amides is 1. The van der Waals surface area contributed by atoms with Gasteiger partial charge in [-0.25, -0.2) is 4.79 Å². The summed E-state index contributed by atoms with van der Waals surface area (Å²) in [6.45, 7) is 14.5. The number of carbonyl (C=O) groups is 1. The van der Waals surface area contributed by atoms with Crippen molar-refractivity contribution in [2.75, 3.05) is 39.8 Å². The van der Waals surface area contributed by atoms with Crippen molar-refractivity contribution in [2.45, 2.75) is 65.6 Å². The number of nitrogens with one attached hydrogen (secondary N) is 2. The van der Waals surface area contributed by atoms with Crippen molar-refractivity contribution in [3.63, 3.8) is 0 Å². The van der Waals surface area contributed by atoms with Crippen LogP contribution in [0.4, 0.5) is 4.79 Å². The van der Waals surface area contributed by atoms with Crippen LogP contribution in [0.15, 0.2) is 4.99 Å². The molecule has 0 aromatic heterocycles. The van der Waals surface area contributed by atoms with Crippen LogP contribution in [-0.4, -0.2) is 79.8 Å². The summed E-state index contributed by atoms with van der Waals surface area (Å²) in [5.74, 6) is 0.835. The van der Waals surface area contributed by atoms with E-state index < -0.39 is 0 Å². The largest absolute Gasteiger partial charge is 0.450 e. The first-order chi connectivity index (χ1) is 11.9. The van der Waals surface area contributed by atoms with Gasteiger partial charge in [0.2, 0.25) is 0 Å². The van der Waals surface area contributed by atoms with Gasteiger partial charge in [0, 0.05) is 51.4 Å². The zero-order valence-corrected chi connectivity index (χ0v) is 19.6. The molecule has 0 unspecified atom stereocenters. The van der Waals surface area contributed by atoms with Crippen molar-refractivity contribution >= 4 is 36.0 Å². The molecule has 0 aromatic rings. The second-order valence-electron chi connectivity index (χ2n) is 7.03. The van der Waals surface area contributed by atoms with E-state index in [0.717, 1.165) is 45.0 Å². The number of hydrogen-bond donors (Lipinski definition) is 2. The molecule has 0 spiro atoms. The van der Waals surface area contributed by atoms with E-state index in [1.165, 1.54) is 0 Å². The number of guanidine groups is 1. The Balaban J connectivity index is 0.00000625. The van der Waals surface area contributed by atoms with Gasteiger partial charge in [0.15, 0.2) is 5.96 Å². The second kappa shape index (κ2) is 13.4. The average molecular weight is 483 g/mol. The van der Waals surface area contributed by atoms with E-state index in [2.05, 4.69) is 48.2 Å². The molecule has 7 nitrogen and oxygen atoms in total. The number of rotatable bonds is 7. The highest BCUT2D eigenvalue weighted by molar-refractivity contribution is 14.0. The van der Waals surface area contributed by atoms with Crippen molar-refractivity contribution in [3.05, 3.63) is 0 Å². The molecule has 0 aromatic carbocycles. The summed E-state index contributed by atoms with van der Waals surface area (Å²) in [5, 5.41) is 6.87. The van der Waals surface area contributed by atoms with Gasteiger partial charge in [-0.2, -0.15) is 0 Å². The van der Waals surface area contributed by atoms with Gasteiger partial charge in [-0.3, -0.25) is 9.89 Å². The van der Waals surface area contributed by atoms with Gasteiger partial charge in [0.25, 0.3) is 0 Å². The van der Waals surface area contributed by atoms with Gasteiger partial charge in [0.05, 0.1) is 6.61 Å². The number of halogens is 1. The van der Waals surface area contributed by atoms with E-state index in [9.17, 15) is 4.79 Å². The quantitative estimate of drug-likeness (QED) is 0.331. The molecule has 8 heteroatoms. The Morgan fingerprint density at radius 3 is 2.27 bits per heavy atom. The number of nitrogens with zero attached hydrogens (tertiary/aromatic N) is 3. The predicted molar refractivity (Wildman–Crippen MR) is 119 cm³/mol. The molecular weight excluding hydrogens is 445 g/mol. The maximum Gasteiger partial charge on any atom is 0.409 e. The first-order valence-corrected chi connectivity index (χ1v) is 9.53. The van der Waals surface area contributed by atoms with Crippen LogP contribution >= 0.6 is 24.0 Å². The van der Waals surface area contributed by atoms with Gasteiger partial charge in [-0.15, -0.1) is 24.0 Å². The molecule has 0 radical (unpaired) electrons. The summed E-state index contributed by atoms with van der Waals surface area (Å²) in [5.41, 5.74) is 0. The maximum atomic E-state index is 11.7. The molecule has 26 heavy (non-hydrogen) atoms. The SMILES string of the molecule is CCOC(=O)N1CCC(NC(=NC)NCCN(C(C)C)C(C)C)CC1.I.